The highest BCUT2D eigenvalue weighted by Gasteiger charge is 2.24. The average Bonchev–Trinajstić information content (AvgIpc) is 3.18. The standard InChI is InChI=1S/C26H34N8O3S/c1-15(2)34(16(3)4)26-32-33(7)25(38-26)31-30-22-14-24(37-8)23(13-21(22)28-18(6)36)29-20-11-9-19(10-12-20)27-17(5)35/h9-16H,1-8H3,(H2,27,28,29,30,35,36)/p+1. The van der Waals surface area contributed by atoms with Crippen LogP contribution in [0.5, 0.6) is 5.75 Å². The van der Waals surface area contributed by atoms with Crippen molar-refractivity contribution in [2.24, 2.45) is 17.3 Å². The number of rotatable bonds is 10. The molecule has 0 radical (unpaired) electrons. The number of carbonyl (C=O) groups excluding carboxylic acids is 2. The monoisotopic (exact) mass is 539 g/mol. The topological polar surface area (TPSA) is 124 Å². The SMILES string of the molecule is COc1cc(N=Nc2sc(N(C(C)C)C(C)C)n[n+]2C)c(NC(C)=O)cc1Nc1ccc(NC(C)=O)cc1. The number of amides is 2. The van der Waals surface area contributed by atoms with Gasteiger partial charge in [-0.05, 0) is 74.5 Å². The molecule has 1 heterocycles. The molecule has 2 aromatic carbocycles. The fourth-order valence-corrected chi connectivity index (χ4v) is 4.98. The fourth-order valence-electron chi connectivity index (χ4n) is 3.87. The number of ether oxygens (including phenoxy) is 1. The summed E-state index contributed by atoms with van der Waals surface area (Å²) in [7, 11) is 3.38. The molecule has 0 fully saturated rings. The zero-order valence-electron chi connectivity index (χ0n) is 23.0. The highest BCUT2D eigenvalue weighted by Crippen LogP contribution is 2.39. The van der Waals surface area contributed by atoms with E-state index < -0.39 is 0 Å². The molecule has 38 heavy (non-hydrogen) atoms. The fraction of sp³-hybridized carbons (Fsp3) is 0.385. The lowest BCUT2D eigenvalue weighted by atomic mass is 10.2. The quantitative estimate of drug-likeness (QED) is 0.225. The molecule has 3 aromatic rings. The third-order valence-electron chi connectivity index (χ3n) is 5.38. The van der Waals surface area contributed by atoms with Gasteiger partial charge in [0, 0.05) is 43.4 Å². The van der Waals surface area contributed by atoms with E-state index in [1.807, 2.05) is 19.2 Å². The van der Waals surface area contributed by atoms with Crippen molar-refractivity contribution in [1.82, 2.24) is 5.10 Å². The molecule has 3 rings (SSSR count). The number of benzene rings is 2. The predicted octanol–water partition coefficient (Wildman–Crippen LogP) is 5.68. The van der Waals surface area contributed by atoms with Crippen molar-refractivity contribution in [2.75, 3.05) is 28.0 Å². The van der Waals surface area contributed by atoms with Crippen molar-refractivity contribution < 1.29 is 19.0 Å². The van der Waals surface area contributed by atoms with Crippen LogP contribution in [0, 0.1) is 0 Å². The van der Waals surface area contributed by atoms with E-state index in [1.165, 1.54) is 25.2 Å². The number of aryl methyl sites for hydroxylation is 1. The highest BCUT2D eigenvalue weighted by molar-refractivity contribution is 7.18. The van der Waals surface area contributed by atoms with Crippen molar-refractivity contribution in [3.63, 3.8) is 0 Å². The second-order valence-corrected chi connectivity index (χ2v) is 10.2. The molecule has 11 nitrogen and oxygen atoms in total. The van der Waals surface area contributed by atoms with Crippen LogP contribution in [-0.2, 0) is 16.6 Å². The number of aromatic nitrogens is 2. The van der Waals surface area contributed by atoms with Crippen LogP contribution in [-0.4, -0.2) is 36.1 Å². The molecule has 12 heteroatoms. The Morgan fingerprint density at radius 3 is 2.11 bits per heavy atom. The Labute approximate surface area is 226 Å². The first-order chi connectivity index (χ1) is 18.0. The molecule has 202 valence electrons. The summed E-state index contributed by atoms with van der Waals surface area (Å²) in [5.41, 5.74) is 2.98. The number of azo groups is 1. The Morgan fingerprint density at radius 1 is 0.947 bits per heavy atom. The van der Waals surface area contributed by atoms with Gasteiger partial charge in [0.05, 0.1) is 23.6 Å². The van der Waals surface area contributed by atoms with Gasteiger partial charge in [0.1, 0.15) is 18.5 Å². The van der Waals surface area contributed by atoms with E-state index in [0.717, 1.165) is 10.8 Å². The third kappa shape index (κ3) is 7.25. The molecule has 0 saturated heterocycles. The lowest BCUT2D eigenvalue weighted by molar-refractivity contribution is -0.712. The van der Waals surface area contributed by atoms with Crippen LogP contribution in [0.1, 0.15) is 41.5 Å². The summed E-state index contributed by atoms with van der Waals surface area (Å²) in [6, 6.07) is 11.2. The number of hydrogen-bond acceptors (Lipinski definition) is 9. The summed E-state index contributed by atoms with van der Waals surface area (Å²) in [4.78, 5) is 25.5. The largest absolute Gasteiger partial charge is 0.494 e. The van der Waals surface area contributed by atoms with E-state index in [-0.39, 0.29) is 23.9 Å². The summed E-state index contributed by atoms with van der Waals surface area (Å²) in [5.74, 6) is 0.129. The minimum Gasteiger partial charge on any atom is -0.494 e. The molecule has 0 aliphatic rings. The molecule has 0 aliphatic carbocycles. The molecular weight excluding hydrogens is 504 g/mol. The lowest BCUT2D eigenvalue weighted by Gasteiger charge is -2.28. The van der Waals surface area contributed by atoms with E-state index in [2.05, 4.69) is 63.9 Å². The Balaban J connectivity index is 1.94. The van der Waals surface area contributed by atoms with E-state index in [4.69, 9.17) is 4.74 Å². The van der Waals surface area contributed by atoms with Gasteiger partial charge in [-0.25, -0.2) is 0 Å². The summed E-state index contributed by atoms with van der Waals surface area (Å²) in [6.45, 7) is 11.4. The van der Waals surface area contributed by atoms with Gasteiger partial charge in [-0.3, -0.25) is 9.59 Å². The van der Waals surface area contributed by atoms with Gasteiger partial charge in [0.25, 0.3) is 0 Å². The number of carbonyl (C=O) groups is 2. The van der Waals surface area contributed by atoms with Crippen LogP contribution in [0.15, 0.2) is 46.6 Å². The van der Waals surface area contributed by atoms with Gasteiger partial charge >= 0.3 is 5.13 Å². The predicted molar refractivity (Wildman–Crippen MR) is 152 cm³/mol. The number of nitrogens with one attached hydrogen (secondary N) is 3. The van der Waals surface area contributed by atoms with Crippen molar-refractivity contribution in [3.8, 4) is 5.75 Å². The third-order valence-corrected chi connectivity index (χ3v) is 6.39. The van der Waals surface area contributed by atoms with Gasteiger partial charge in [-0.1, -0.05) is 5.10 Å². The second-order valence-electron chi connectivity index (χ2n) is 9.22. The summed E-state index contributed by atoms with van der Waals surface area (Å²) >= 11 is 1.44. The van der Waals surface area contributed by atoms with E-state index in [1.54, 1.807) is 36.1 Å². The maximum atomic E-state index is 12.0. The molecule has 0 spiro atoms. The molecule has 1 aromatic heterocycles. The normalized spacial score (nSPS) is 11.2. The van der Waals surface area contributed by atoms with Crippen LogP contribution >= 0.6 is 11.3 Å². The molecule has 0 aliphatic heterocycles. The average molecular weight is 540 g/mol. The minimum atomic E-state index is -0.243. The highest BCUT2D eigenvalue weighted by atomic mass is 32.1. The maximum absolute atomic E-state index is 12.0. The minimum absolute atomic E-state index is 0.141. The van der Waals surface area contributed by atoms with E-state index in [0.29, 0.717) is 33.6 Å². The Bertz CT molecular complexity index is 1310. The van der Waals surface area contributed by atoms with Crippen LogP contribution in [0.25, 0.3) is 0 Å². The molecule has 0 unspecified atom stereocenters. The van der Waals surface area contributed by atoms with Gasteiger partial charge < -0.3 is 25.6 Å². The molecule has 0 bridgehead atoms. The van der Waals surface area contributed by atoms with Crippen LogP contribution in [0.3, 0.4) is 0 Å². The van der Waals surface area contributed by atoms with Gasteiger partial charge in [-0.2, -0.15) is 0 Å². The Morgan fingerprint density at radius 2 is 1.55 bits per heavy atom. The molecule has 2 amide bonds. The van der Waals surface area contributed by atoms with Gasteiger partial charge in [-0.15, -0.1) is 4.68 Å². The maximum Gasteiger partial charge on any atom is 0.431 e. The van der Waals surface area contributed by atoms with E-state index in [9.17, 15) is 9.59 Å². The van der Waals surface area contributed by atoms with Crippen LogP contribution in [0.4, 0.5) is 38.7 Å². The molecular formula is C26H35N8O3S+. The molecule has 3 N–H and O–H groups in total. The molecule has 0 atom stereocenters. The van der Waals surface area contributed by atoms with Crippen molar-refractivity contribution >= 4 is 61.9 Å². The van der Waals surface area contributed by atoms with Gasteiger partial charge in [0.15, 0.2) is 0 Å². The smallest absolute Gasteiger partial charge is 0.431 e. The summed E-state index contributed by atoms with van der Waals surface area (Å²) in [6.07, 6.45) is 0. The first-order valence-corrected chi connectivity index (χ1v) is 13.0. The van der Waals surface area contributed by atoms with E-state index >= 15 is 0 Å². The Kier molecular flexibility index (Phi) is 9.35. The van der Waals surface area contributed by atoms with Gasteiger partial charge in [0.2, 0.25) is 16.9 Å². The van der Waals surface area contributed by atoms with Crippen molar-refractivity contribution in [1.29, 1.82) is 0 Å². The summed E-state index contributed by atoms with van der Waals surface area (Å²) < 4.78 is 7.29. The lowest BCUT2D eigenvalue weighted by Crippen LogP contribution is -2.39. The number of methoxy groups -OCH3 is 1. The Hall–Kier alpha value is -4.06. The van der Waals surface area contributed by atoms with Crippen molar-refractivity contribution in [3.05, 3.63) is 36.4 Å². The van der Waals surface area contributed by atoms with Crippen LogP contribution < -0.4 is 30.3 Å². The second kappa shape index (κ2) is 12.5. The first-order valence-electron chi connectivity index (χ1n) is 12.2. The summed E-state index contributed by atoms with van der Waals surface area (Å²) in [5, 5.41) is 23.8. The zero-order chi connectivity index (χ0) is 28.0. The number of nitrogens with zero attached hydrogens (tertiary/aromatic N) is 5. The first kappa shape index (κ1) is 28.5. The van der Waals surface area contributed by atoms with Crippen molar-refractivity contribution in [2.45, 2.75) is 53.6 Å². The number of anilines is 5. The number of hydrogen-bond donors (Lipinski definition) is 3. The van der Waals surface area contributed by atoms with Crippen LogP contribution in [0.2, 0.25) is 0 Å². The molecule has 0 saturated carbocycles. The zero-order valence-corrected chi connectivity index (χ0v) is 23.8.